The summed E-state index contributed by atoms with van der Waals surface area (Å²) in [7, 11) is 0. The Morgan fingerprint density at radius 1 is 1.12 bits per heavy atom. The van der Waals surface area contributed by atoms with Gasteiger partial charge in [-0.15, -0.1) is 0 Å². The van der Waals surface area contributed by atoms with E-state index in [-0.39, 0.29) is 31.0 Å². The van der Waals surface area contributed by atoms with Crippen LogP contribution in [0.4, 0.5) is 10.2 Å². The van der Waals surface area contributed by atoms with Gasteiger partial charge in [0.05, 0.1) is 12.1 Å². The van der Waals surface area contributed by atoms with Gasteiger partial charge in [-0.3, -0.25) is 19.1 Å². The van der Waals surface area contributed by atoms with Gasteiger partial charge in [0.2, 0.25) is 11.8 Å². The van der Waals surface area contributed by atoms with Crippen LogP contribution in [0.25, 0.3) is 22.0 Å². The number of benzene rings is 1. The molecule has 0 bridgehead atoms. The van der Waals surface area contributed by atoms with Crippen molar-refractivity contribution in [2.45, 2.75) is 52.4 Å². The highest BCUT2D eigenvalue weighted by molar-refractivity contribution is 9.10. The van der Waals surface area contributed by atoms with E-state index in [0.29, 0.717) is 33.6 Å². The molecule has 206 valence electrons. The minimum absolute atomic E-state index is 0.117. The summed E-state index contributed by atoms with van der Waals surface area (Å²) >= 11 is 3.31. The molecule has 12 heteroatoms. The molecule has 5 rings (SSSR count). The Morgan fingerprint density at radius 2 is 1.88 bits per heavy atom. The van der Waals surface area contributed by atoms with Crippen molar-refractivity contribution in [2.24, 2.45) is 0 Å². The molecule has 1 aromatic carbocycles. The second-order valence-corrected chi connectivity index (χ2v) is 10.5. The molecule has 1 aliphatic rings. The number of hydrogen-bond acceptors (Lipinski definition) is 7. The van der Waals surface area contributed by atoms with Crippen molar-refractivity contribution < 1.29 is 18.8 Å². The highest BCUT2D eigenvalue weighted by atomic mass is 79.9. The SMILES string of the molecule is CCc1ccc(Br)nc1NC(=O)[C@@H]1C[C@@H](F)CN1C(=O)Cn1nc(C(C)=O)c2cc(-c3cnc(C)nc3)ccc21. The average molecular weight is 608 g/mol. The zero-order valence-electron chi connectivity index (χ0n) is 22.2. The second-order valence-electron chi connectivity index (χ2n) is 9.69. The van der Waals surface area contributed by atoms with Crippen molar-refractivity contribution in [3.63, 3.8) is 0 Å². The molecular formula is C28H27BrFN7O3. The summed E-state index contributed by atoms with van der Waals surface area (Å²) in [5.74, 6) is -0.231. The lowest BCUT2D eigenvalue weighted by molar-refractivity contribution is -0.137. The number of likely N-dealkylation sites (tertiary alicyclic amines) is 1. The molecule has 10 nitrogen and oxygen atoms in total. The predicted octanol–water partition coefficient (Wildman–Crippen LogP) is 4.30. The second kappa shape index (κ2) is 11.2. The maximum Gasteiger partial charge on any atom is 0.248 e. The number of hydrogen-bond donors (Lipinski definition) is 1. The van der Waals surface area contributed by atoms with Crippen LogP contribution >= 0.6 is 15.9 Å². The number of alkyl halides is 1. The van der Waals surface area contributed by atoms with Gasteiger partial charge in [0.15, 0.2) is 5.78 Å². The van der Waals surface area contributed by atoms with Crippen LogP contribution in [0.2, 0.25) is 0 Å². The summed E-state index contributed by atoms with van der Waals surface area (Å²) in [5, 5.41) is 7.76. The zero-order valence-corrected chi connectivity index (χ0v) is 23.8. The third kappa shape index (κ3) is 5.48. The van der Waals surface area contributed by atoms with Crippen LogP contribution in [-0.4, -0.2) is 66.0 Å². The van der Waals surface area contributed by atoms with Crippen LogP contribution in [0.5, 0.6) is 0 Å². The summed E-state index contributed by atoms with van der Waals surface area (Å²) in [6.45, 7) is 4.67. The predicted molar refractivity (Wildman–Crippen MR) is 150 cm³/mol. The molecule has 0 unspecified atom stereocenters. The normalized spacial score (nSPS) is 16.9. The molecule has 0 aliphatic carbocycles. The van der Waals surface area contributed by atoms with Crippen molar-refractivity contribution >= 4 is 50.2 Å². The smallest absolute Gasteiger partial charge is 0.248 e. The molecule has 3 aromatic heterocycles. The van der Waals surface area contributed by atoms with E-state index in [4.69, 9.17) is 0 Å². The Kier molecular flexibility index (Phi) is 7.70. The maximum absolute atomic E-state index is 14.6. The van der Waals surface area contributed by atoms with Crippen LogP contribution in [-0.2, 0) is 22.6 Å². The number of carbonyl (C=O) groups excluding carboxylic acids is 3. The molecule has 4 heterocycles. The first-order valence-corrected chi connectivity index (χ1v) is 13.6. The third-order valence-electron chi connectivity index (χ3n) is 6.92. The molecule has 2 atom stereocenters. The van der Waals surface area contributed by atoms with Crippen LogP contribution in [0, 0.1) is 6.92 Å². The number of nitrogens with one attached hydrogen (secondary N) is 1. The Hall–Kier alpha value is -4.06. The van der Waals surface area contributed by atoms with Gasteiger partial charge < -0.3 is 10.2 Å². The molecule has 1 fully saturated rings. The first-order chi connectivity index (χ1) is 19.1. The average Bonchev–Trinajstić information content (AvgIpc) is 3.50. The van der Waals surface area contributed by atoms with E-state index in [9.17, 15) is 18.8 Å². The number of rotatable bonds is 7. The van der Waals surface area contributed by atoms with Crippen molar-refractivity contribution in [1.29, 1.82) is 0 Å². The minimum Gasteiger partial charge on any atom is -0.326 e. The molecule has 1 N–H and O–H groups in total. The number of halogens is 2. The fourth-order valence-corrected chi connectivity index (χ4v) is 5.18. The van der Waals surface area contributed by atoms with E-state index in [1.54, 1.807) is 31.5 Å². The lowest BCUT2D eigenvalue weighted by Gasteiger charge is -2.24. The molecule has 1 saturated heterocycles. The van der Waals surface area contributed by atoms with E-state index < -0.39 is 24.0 Å². The zero-order chi connectivity index (χ0) is 28.6. The summed E-state index contributed by atoms with van der Waals surface area (Å²) in [4.78, 5) is 53.1. The number of aryl methyl sites for hydroxylation is 2. The van der Waals surface area contributed by atoms with Gasteiger partial charge in [-0.25, -0.2) is 19.3 Å². The number of Topliss-reactive ketones (excluding diaryl/α,β-unsaturated/α-hetero) is 1. The Labute approximate surface area is 238 Å². The van der Waals surface area contributed by atoms with Crippen molar-refractivity contribution in [1.82, 2.24) is 29.6 Å². The van der Waals surface area contributed by atoms with Gasteiger partial charge in [-0.1, -0.05) is 19.1 Å². The summed E-state index contributed by atoms with van der Waals surface area (Å²) in [6, 6.07) is 8.04. The molecule has 1 aliphatic heterocycles. The summed E-state index contributed by atoms with van der Waals surface area (Å²) < 4.78 is 16.5. The van der Waals surface area contributed by atoms with E-state index >= 15 is 0 Å². The van der Waals surface area contributed by atoms with Gasteiger partial charge in [-0.05, 0) is 58.6 Å². The minimum atomic E-state index is -1.35. The van der Waals surface area contributed by atoms with E-state index in [1.165, 1.54) is 16.5 Å². The first kappa shape index (κ1) is 27.5. The Bertz CT molecular complexity index is 1620. The fourth-order valence-electron chi connectivity index (χ4n) is 4.87. The van der Waals surface area contributed by atoms with E-state index in [2.05, 4.69) is 41.3 Å². The topological polar surface area (TPSA) is 123 Å². The van der Waals surface area contributed by atoms with Crippen molar-refractivity contribution in [3.8, 4) is 11.1 Å². The van der Waals surface area contributed by atoms with Crippen LogP contribution in [0.1, 0.15) is 42.1 Å². The van der Waals surface area contributed by atoms with E-state index in [0.717, 1.165) is 16.7 Å². The first-order valence-electron chi connectivity index (χ1n) is 12.8. The van der Waals surface area contributed by atoms with E-state index in [1.807, 2.05) is 25.1 Å². The molecule has 0 saturated carbocycles. The van der Waals surface area contributed by atoms with Gasteiger partial charge in [0.1, 0.15) is 40.7 Å². The standard InChI is InChI=1S/C28H27BrFN7O3/c1-4-17-6-8-24(29)33-27(17)34-28(40)23-10-20(30)13-36(23)25(39)14-37-22-7-5-18(19-11-31-16(3)32-12-19)9-21(22)26(35-37)15(2)38/h5-9,11-12,20,23H,4,10,13-14H2,1-3H3,(H,33,34,40)/t20-,23+/m1/s1. The number of anilines is 1. The Balaban J connectivity index is 1.41. The van der Waals surface area contributed by atoms with Gasteiger partial charge in [0.25, 0.3) is 0 Å². The quantitative estimate of drug-likeness (QED) is 0.245. The summed E-state index contributed by atoms with van der Waals surface area (Å²) in [5.41, 5.74) is 3.17. The van der Waals surface area contributed by atoms with Gasteiger partial charge in [0, 0.05) is 36.7 Å². The molecule has 4 aromatic rings. The number of amides is 2. The van der Waals surface area contributed by atoms with Crippen molar-refractivity contribution in [3.05, 3.63) is 64.4 Å². The highest BCUT2D eigenvalue weighted by Gasteiger charge is 2.40. The molecule has 0 radical (unpaired) electrons. The maximum atomic E-state index is 14.6. The van der Waals surface area contributed by atoms with Crippen LogP contribution < -0.4 is 5.32 Å². The van der Waals surface area contributed by atoms with Gasteiger partial charge in [-0.2, -0.15) is 5.10 Å². The Morgan fingerprint density at radius 3 is 2.58 bits per heavy atom. The van der Waals surface area contributed by atoms with Crippen LogP contribution in [0.3, 0.4) is 0 Å². The largest absolute Gasteiger partial charge is 0.326 e. The number of nitrogens with zero attached hydrogens (tertiary/aromatic N) is 6. The van der Waals surface area contributed by atoms with Crippen molar-refractivity contribution in [2.75, 3.05) is 11.9 Å². The monoisotopic (exact) mass is 607 g/mol. The fraction of sp³-hybridized carbons (Fsp3) is 0.321. The highest BCUT2D eigenvalue weighted by Crippen LogP contribution is 2.28. The third-order valence-corrected chi connectivity index (χ3v) is 7.37. The number of ketones is 1. The van der Waals surface area contributed by atoms with Crippen LogP contribution in [0.15, 0.2) is 47.3 Å². The number of carbonyl (C=O) groups is 3. The lowest BCUT2D eigenvalue weighted by Crippen LogP contribution is -2.44. The number of aromatic nitrogens is 5. The molecule has 2 amide bonds. The molecular weight excluding hydrogens is 581 g/mol. The molecule has 40 heavy (non-hydrogen) atoms. The van der Waals surface area contributed by atoms with Gasteiger partial charge >= 0.3 is 0 Å². The number of fused-ring (bicyclic) bond motifs is 1. The number of pyridine rings is 1. The lowest BCUT2D eigenvalue weighted by atomic mass is 10.0. The molecule has 0 spiro atoms. The summed E-state index contributed by atoms with van der Waals surface area (Å²) in [6.07, 6.45) is 2.57.